The van der Waals surface area contributed by atoms with Gasteiger partial charge in [-0.25, -0.2) is 0 Å². The number of carbonyl (C=O) groups is 1. The smallest absolute Gasteiger partial charge is 0.235 e. The molecule has 1 aliphatic heterocycles. The summed E-state index contributed by atoms with van der Waals surface area (Å²) < 4.78 is 1.08. The van der Waals surface area contributed by atoms with Crippen LogP contribution in [0.4, 0.5) is 0 Å². The lowest BCUT2D eigenvalue weighted by atomic mass is 10.1. The molecule has 0 aliphatic carbocycles. The van der Waals surface area contributed by atoms with E-state index in [1.54, 1.807) is 0 Å². The van der Waals surface area contributed by atoms with Crippen LogP contribution >= 0.6 is 15.9 Å². The zero-order valence-electron chi connectivity index (χ0n) is 8.53. The monoisotopic (exact) mass is 268 g/mol. The van der Waals surface area contributed by atoms with Gasteiger partial charge in [0.2, 0.25) is 5.91 Å². The van der Waals surface area contributed by atoms with Crippen LogP contribution in [0.1, 0.15) is 5.56 Å². The predicted molar refractivity (Wildman–Crippen MR) is 62.4 cm³/mol. The highest BCUT2D eigenvalue weighted by Gasteiger charge is 2.26. The van der Waals surface area contributed by atoms with Gasteiger partial charge in [-0.3, -0.25) is 9.69 Å². The van der Waals surface area contributed by atoms with Gasteiger partial charge in [0.05, 0.1) is 12.7 Å². The summed E-state index contributed by atoms with van der Waals surface area (Å²) in [5.74, 6) is 0.109. The zero-order chi connectivity index (χ0) is 10.8. The van der Waals surface area contributed by atoms with Crippen LogP contribution in [-0.2, 0) is 11.2 Å². The average molecular weight is 269 g/mol. The van der Waals surface area contributed by atoms with Gasteiger partial charge in [-0.05, 0) is 24.7 Å². The van der Waals surface area contributed by atoms with E-state index in [0.29, 0.717) is 6.54 Å². The first-order chi connectivity index (χ1) is 7.15. The molecule has 1 aromatic carbocycles. The maximum absolute atomic E-state index is 11.2. The molecule has 3 nitrogen and oxygen atoms in total. The topological polar surface area (TPSA) is 32.3 Å². The van der Waals surface area contributed by atoms with Crippen molar-refractivity contribution in [1.29, 1.82) is 0 Å². The van der Waals surface area contributed by atoms with Crippen LogP contribution in [0.25, 0.3) is 0 Å². The normalized spacial score (nSPS) is 21.7. The Morgan fingerprint density at radius 2 is 2.40 bits per heavy atom. The molecule has 1 saturated heterocycles. The molecule has 15 heavy (non-hydrogen) atoms. The molecule has 1 heterocycles. The number of nitrogens with zero attached hydrogens (tertiary/aromatic N) is 1. The van der Waals surface area contributed by atoms with Gasteiger partial charge in [-0.2, -0.15) is 0 Å². The highest BCUT2D eigenvalue weighted by molar-refractivity contribution is 9.10. The van der Waals surface area contributed by atoms with Gasteiger partial charge in [0.1, 0.15) is 0 Å². The zero-order valence-corrected chi connectivity index (χ0v) is 10.1. The van der Waals surface area contributed by atoms with Gasteiger partial charge >= 0.3 is 0 Å². The van der Waals surface area contributed by atoms with E-state index in [1.165, 1.54) is 5.56 Å². The van der Waals surface area contributed by atoms with Gasteiger partial charge < -0.3 is 5.32 Å². The second-order valence-corrected chi connectivity index (χ2v) is 4.75. The van der Waals surface area contributed by atoms with Crippen LogP contribution in [0.5, 0.6) is 0 Å². The fourth-order valence-corrected chi connectivity index (χ4v) is 2.22. The lowest BCUT2D eigenvalue weighted by Crippen LogP contribution is -2.35. The number of amides is 1. The van der Waals surface area contributed by atoms with Crippen molar-refractivity contribution in [2.45, 2.75) is 12.6 Å². The van der Waals surface area contributed by atoms with E-state index in [0.717, 1.165) is 10.9 Å². The fourth-order valence-electron chi connectivity index (χ4n) is 1.77. The van der Waals surface area contributed by atoms with Gasteiger partial charge in [-0.15, -0.1) is 0 Å². The van der Waals surface area contributed by atoms with E-state index in [9.17, 15) is 4.79 Å². The first kappa shape index (κ1) is 10.6. The molecule has 1 fully saturated rings. The Hall–Kier alpha value is -0.870. The van der Waals surface area contributed by atoms with E-state index >= 15 is 0 Å². The molecule has 1 aliphatic rings. The number of carbonyl (C=O) groups excluding carboxylic acids is 1. The number of benzene rings is 1. The Morgan fingerprint density at radius 1 is 1.60 bits per heavy atom. The summed E-state index contributed by atoms with van der Waals surface area (Å²) >= 11 is 3.44. The average Bonchev–Trinajstić information content (AvgIpc) is 2.45. The molecule has 1 aromatic rings. The molecule has 0 radical (unpaired) electrons. The third kappa shape index (κ3) is 2.58. The molecule has 0 spiro atoms. The van der Waals surface area contributed by atoms with Crippen molar-refractivity contribution in [2.75, 3.05) is 13.6 Å². The van der Waals surface area contributed by atoms with Crippen molar-refractivity contribution in [3.8, 4) is 0 Å². The van der Waals surface area contributed by atoms with Crippen LogP contribution in [0.2, 0.25) is 0 Å². The molecule has 1 N–H and O–H groups in total. The van der Waals surface area contributed by atoms with Crippen LogP contribution in [-0.4, -0.2) is 30.6 Å². The van der Waals surface area contributed by atoms with Crippen molar-refractivity contribution in [2.24, 2.45) is 0 Å². The lowest BCUT2D eigenvalue weighted by molar-refractivity contribution is -0.118. The first-order valence-electron chi connectivity index (χ1n) is 4.89. The predicted octanol–water partition coefficient (Wildman–Crippen LogP) is 1.38. The van der Waals surface area contributed by atoms with Crippen LogP contribution in [0.3, 0.4) is 0 Å². The summed E-state index contributed by atoms with van der Waals surface area (Å²) in [6.45, 7) is 0.499. The van der Waals surface area contributed by atoms with E-state index in [-0.39, 0.29) is 12.1 Å². The van der Waals surface area contributed by atoms with Gasteiger partial charge in [0.15, 0.2) is 0 Å². The minimum Gasteiger partial charge on any atom is -0.339 e. The molecule has 0 aromatic heterocycles. The number of halogens is 1. The third-order valence-electron chi connectivity index (χ3n) is 2.57. The van der Waals surface area contributed by atoms with Crippen LogP contribution in [0.15, 0.2) is 28.7 Å². The van der Waals surface area contributed by atoms with E-state index < -0.39 is 0 Å². The van der Waals surface area contributed by atoms with Crippen molar-refractivity contribution < 1.29 is 4.79 Å². The standard InChI is InChI=1S/C11H13BrN2O/c1-14-7-11(15)13-10(14)6-8-3-2-4-9(12)5-8/h2-5,10H,6-7H2,1H3,(H,13,15). The summed E-state index contributed by atoms with van der Waals surface area (Å²) in [6, 6.07) is 8.16. The van der Waals surface area contributed by atoms with Crippen LogP contribution in [0, 0.1) is 0 Å². The number of rotatable bonds is 2. The number of likely N-dealkylation sites (N-methyl/N-ethyl adjacent to an activating group) is 1. The molecule has 4 heteroatoms. The van der Waals surface area contributed by atoms with Crippen molar-refractivity contribution in [1.82, 2.24) is 10.2 Å². The lowest BCUT2D eigenvalue weighted by Gasteiger charge is -2.18. The number of hydrogen-bond donors (Lipinski definition) is 1. The maximum Gasteiger partial charge on any atom is 0.235 e. The summed E-state index contributed by atoms with van der Waals surface area (Å²) in [4.78, 5) is 13.2. The minimum atomic E-state index is 0.109. The highest BCUT2D eigenvalue weighted by atomic mass is 79.9. The van der Waals surface area contributed by atoms with E-state index in [1.807, 2.05) is 24.1 Å². The van der Waals surface area contributed by atoms with Crippen molar-refractivity contribution >= 4 is 21.8 Å². The molecule has 1 amide bonds. The highest BCUT2D eigenvalue weighted by Crippen LogP contribution is 2.15. The van der Waals surface area contributed by atoms with Gasteiger partial charge in [-0.1, -0.05) is 28.1 Å². The summed E-state index contributed by atoms with van der Waals surface area (Å²) in [5.41, 5.74) is 1.23. The molecule has 1 atom stereocenters. The quantitative estimate of drug-likeness (QED) is 0.879. The molecular weight excluding hydrogens is 256 g/mol. The second-order valence-electron chi connectivity index (χ2n) is 3.83. The van der Waals surface area contributed by atoms with Gasteiger partial charge in [0, 0.05) is 10.9 Å². The van der Waals surface area contributed by atoms with Crippen molar-refractivity contribution in [3.63, 3.8) is 0 Å². The van der Waals surface area contributed by atoms with Crippen LogP contribution < -0.4 is 5.32 Å². The Labute approximate surface area is 97.6 Å². The molecule has 1 unspecified atom stereocenters. The molecule has 80 valence electrons. The Bertz CT molecular complexity index is 381. The Kier molecular flexibility index (Phi) is 3.07. The first-order valence-corrected chi connectivity index (χ1v) is 5.68. The maximum atomic E-state index is 11.2. The molecular formula is C11H13BrN2O. The molecule has 0 bridgehead atoms. The summed E-state index contributed by atoms with van der Waals surface area (Å²) in [6.07, 6.45) is 0.980. The Balaban J connectivity index is 2.06. The Morgan fingerprint density at radius 3 is 3.00 bits per heavy atom. The molecule has 2 rings (SSSR count). The fraction of sp³-hybridized carbons (Fsp3) is 0.364. The summed E-state index contributed by atoms with van der Waals surface area (Å²) in [5, 5.41) is 2.94. The number of hydrogen-bond acceptors (Lipinski definition) is 2. The minimum absolute atomic E-state index is 0.109. The van der Waals surface area contributed by atoms with Crippen molar-refractivity contribution in [3.05, 3.63) is 34.3 Å². The second kappa shape index (κ2) is 4.33. The third-order valence-corrected chi connectivity index (χ3v) is 3.06. The van der Waals surface area contributed by atoms with Gasteiger partial charge in [0.25, 0.3) is 0 Å². The van der Waals surface area contributed by atoms with E-state index in [2.05, 4.69) is 33.4 Å². The molecule has 0 saturated carbocycles. The number of nitrogens with one attached hydrogen (secondary N) is 1. The largest absolute Gasteiger partial charge is 0.339 e. The summed E-state index contributed by atoms with van der Waals surface area (Å²) in [7, 11) is 1.96. The SMILES string of the molecule is CN1CC(=O)NC1Cc1cccc(Br)c1. The van der Waals surface area contributed by atoms with E-state index in [4.69, 9.17) is 0 Å².